The molecule has 1 amide bonds. The maximum Gasteiger partial charge on any atom is 0.223 e. The van der Waals surface area contributed by atoms with Gasteiger partial charge in [0.05, 0.1) is 0 Å². The summed E-state index contributed by atoms with van der Waals surface area (Å²) in [5, 5.41) is 11.8. The lowest BCUT2D eigenvalue weighted by Crippen LogP contribution is -2.37. The van der Waals surface area contributed by atoms with E-state index < -0.39 is 0 Å². The Balaban J connectivity index is 2.27. The average Bonchev–Trinajstić information content (AvgIpc) is 2.18. The van der Waals surface area contributed by atoms with E-state index in [4.69, 9.17) is 5.11 Å². The SMILES string of the molecule is CC(C)NC(=O)C1CCC(CCO)CC1. The molecular weight excluding hydrogens is 190 g/mol. The summed E-state index contributed by atoms with van der Waals surface area (Å²) in [5.41, 5.74) is 0. The Labute approximate surface area is 92.3 Å². The van der Waals surface area contributed by atoms with Crippen molar-refractivity contribution in [3.63, 3.8) is 0 Å². The van der Waals surface area contributed by atoms with Gasteiger partial charge in [0.1, 0.15) is 0 Å². The van der Waals surface area contributed by atoms with E-state index >= 15 is 0 Å². The molecule has 15 heavy (non-hydrogen) atoms. The van der Waals surface area contributed by atoms with Crippen molar-refractivity contribution in [3.8, 4) is 0 Å². The Morgan fingerprint density at radius 2 is 1.93 bits per heavy atom. The van der Waals surface area contributed by atoms with Crippen molar-refractivity contribution >= 4 is 5.91 Å². The van der Waals surface area contributed by atoms with Crippen molar-refractivity contribution in [2.24, 2.45) is 11.8 Å². The monoisotopic (exact) mass is 213 g/mol. The molecule has 0 unspecified atom stereocenters. The normalized spacial score (nSPS) is 26.7. The summed E-state index contributed by atoms with van der Waals surface area (Å²) in [5.74, 6) is 1.06. The summed E-state index contributed by atoms with van der Waals surface area (Å²) in [4.78, 5) is 11.7. The van der Waals surface area contributed by atoms with Gasteiger partial charge in [-0.3, -0.25) is 4.79 Å². The summed E-state index contributed by atoms with van der Waals surface area (Å²) in [6, 6.07) is 0.243. The first-order valence-corrected chi connectivity index (χ1v) is 6.04. The second-order valence-electron chi connectivity index (χ2n) is 4.89. The van der Waals surface area contributed by atoms with Gasteiger partial charge in [-0.05, 0) is 51.9 Å². The second-order valence-corrected chi connectivity index (χ2v) is 4.89. The van der Waals surface area contributed by atoms with Gasteiger partial charge in [0.15, 0.2) is 0 Å². The van der Waals surface area contributed by atoms with Crippen LogP contribution in [0.4, 0.5) is 0 Å². The van der Waals surface area contributed by atoms with Crippen LogP contribution in [0.2, 0.25) is 0 Å². The molecule has 0 aliphatic heterocycles. The van der Waals surface area contributed by atoms with Crippen LogP contribution in [0.1, 0.15) is 46.0 Å². The van der Waals surface area contributed by atoms with Gasteiger partial charge in [0, 0.05) is 18.6 Å². The number of hydrogen-bond acceptors (Lipinski definition) is 2. The number of carbonyl (C=O) groups is 1. The lowest BCUT2D eigenvalue weighted by atomic mass is 9.80. The fourth-order valence-corrected chi connectivity index (χ4v) is 2.30. The molecule has 1 aliphatic carbocycles. The molecule has 88 valence electrons. The third-order valence-corrected chi connectivity index (χ3v) is 3.19. The van der Waals surface area contributed by atoms with Crippen molar-refractivity contribution in [1.82, 2.24) is 5.32 Å². The molecule has 0 radical (unpaired) electrons. The van der Waals surface area contributed by atoms with Crippen molar-refractivity contribution in [2.45, 2.75) is 52.0 Å². The Bertz CT molecular complexity index is 196. The first kappa shape index (κ1) is 12.5. The third kappa shape index (κ3) is 4.20. The minimum absolute atomic E-state index is 0.211. The number of hydrogen-bond donors (Lipinski definition) is 2. The van der Waals surface area contributed by atoms with E-state index in [0.29, 0.717) is 5.92 Å². The molecule has 3 nitrogen and oxygen atoms in total. The van der Waals surface area contributed by atoms with Gasteiger partial charge in [0.25, 0.3) is 0 Å². The van der Waals surface area contributed by atoms with Gasteiger partial charge in [-0.2, -0.15) is 0 Å². The highest BCUT2D eigenvalue weighted by molar-refractivity contribution is 5.78. The lowest BCUT2D eigenvalue weighted by molar-refractivity contribution is -0.126. The highest BCUT2D eigenvalue weighted by Gasteiger charge is 2.25. The highest BCUT2D eigenvalue weighted by atomic mass is 16.3. The summed E-state index contributed by atoms with van der Waals surface area (Å²) in [6.45, 7) is 4.28. The van der Waals surface area contributed by atoms with Crippen LogP contribution in [0.15, 0.2) is 0 Å². The fourth-order valence-electron chi connectivity index (χ4n) is 2.30. The molecular formula is C12H23NO2. The van der Waals surface area contributed by atoms with Gasteiger partial charge in [-0.15, -0.1) is 0 Å². The number of nitrogens with one attached hydrogen (secondary N) is 1. The van der Waals surface area contributed by atoms with Gasteiger partial charge in [-0.25, -0.2) is 0 Å². The van der Waals surface area contributed by atoms with E-state index in [1.807, 2.05) is 13.8 Å². The Morgan fingerprint density at radius 3 is 2.40 bits per heavy atom. The molecule has 0 saturated heterocycles. The Kier molecular flexibility index (Phi) is 5.09. The molecule has 0 atom stereocenters. The van der Waals surface area contributed by atoms with Crippen molar-refractivity contribution in [2.75, 3.05) is 6.61 Å². The Hall–Kier alpha value is -0.570. The zero-order valence-corrected chi connectivity index (χ0v) is 9.83. The third-order valence-electron chi connectivity index (χ3n) is 3.19. The van der Waals surface area contributed by atoms with Crippen LogP contribution in [0.5, 0.6) is 0 Å². The van der Waals surface area contributed by atoms with Crippen LogP contribution >= 0.6 is 0 Å². The number of aliphatic hydroxyl groups excluding tert-OH is 1. The minimum Gasteiger partial charge on any atom is -0.396 e. The number of amides is 1. The highest BCUT2D eigenvalue weighted by Crippen LogP contribution is 2.30. The molecule has 0 aromatic rings. The molecule has 0 bridgehead atoms. The lowest BCUT2D eigenvalue weighted by Gasteiger charge is -2.27. The summed E-state index contributed by atoms with van der Waals surface area (Å²) in [7, 11) is 0. The van der Waals surface area contributed by atoms with Crippen molar-refractivity contribution < 1.29 is 9.90 Å². The molecule has 2 N–H and O–H groups in total. The van der Waals surface area contributed by atoms with E-state index in [1.165, 1.54) is 0 Å². The summed E-state index contributed by atoms with van der Waals surface area (Å²) in [6.07, 6.45) is 5.07. The predicted octanol–water partition coefficient (Wildman–Crippen LogP) is 1.70. The largest absolute Gasteiger partial charge is 0.396 e. The van der Waals surface area contributed by atoms with E-state index in [9.17, 15) is 4.79 Å². The van der Waals surface area contributed by atoms with E-state index in [2.05, 4.69) is 5.32 Å². The first-order chi connectivity index (χ1) is 7.13. The number of aliphatic hydroxyl groups is 1. The smallest absolute Gasteiger partial charge is 0.223 e. The van der Waals surface area contributed by atoms with E-state index in [1.54, 1.807) is 0 Å². The van der Waals surface area contributed by atoms with E-state index in [0.717, 1.165) is 32.1 Å². The van der Waals surface area contributed by atoms with Crippen LogP contribution in [0.25, 0.3) is 0 Å². The summed E-state index contributed by atoms with van der Waals surface area (Å²) >= 11 is 0. The molecule has 0 aromatic heterocycles. The zero-order chi connectivity index (χ0) is 11.3. The van der Waals surface area contributed by atoms with Gasteiger partial charge >= 0.3 is 0 Å². The van der Waals surface area contributed by atoms with Gasteiger partial charge in [-0.1, -0.05) is 0 Å². The molecule has 0 aromatic carbocycles. The Morgan fingerprint density at radius 1 is 1.33 bits per heavy atom. The van der Waals surface area contributed by atoms with Crippen LogP contribution in [-0.2, 0) is 4.79 Å². The topological polar surface area (TPSA) is 49.3 Å². The number of rotatable bonds is 4. The molecule has 1 aliphatic rings. The molecule has 0 spiro atoms. The maximum atomic E-state index is 11.7. The maximum absolute atomic E-state index is 11.7. The van der Waals surface area contributed by atoms with Crippen LogP contribution in [-0.4, -0.2) is 23.7 Å². The first-order valence-electron chi connectivity index (χ1n) is 6.04. The summed E-state index contributed by atoms with van der Waals surface area (Å²) < 4.78 is 0. The second kappa shape index (κ2) is 6.11. The standard InChI is InChI=1S/C12H23NO2/c1-9(2)13-12(15)11-5-3-10(4-6-11)7-8-14/h9-11,14H,3-8H2,1-2H3,(H,13,15). The molecule has 1 saturated carbocycles. The van der Waals surface area contributed by atoms with Gasteiger partial charge in [0.2, 0.25) is 5.91 Å². The van der Waals surface area contributed by atoms with E-state index in [-0.39, 0.29) is 24.5 Å². The zero-order valence-electron chi connectivity index (χ0n) is 9.83. The molecule has 3 heteroatoms. The molecule has 1 rings (SSSR count). The molecule has 1 fully saturated rings. The quantitative estimate of drug-likeness (QED) is 0.746. The minimum atomic E-state index is 0.211. The van der Waals surface area contributed by atoms with Crippen molar-refractivity contribution in [1.29, 1.82) is 0 Å². The van der Waals surface area contributed by atoms with Gasteiger partial charge < -0.3 is 10.4 Å². The predicted molar refractivity (Wildman–Crippen MR) is 60.4 cm³/mol. The average molecular weight is 213 g/mol. The van der Waals surface area contributed by atoms with Crippen molar-refractivity contribution in [3.05, 3.63) is 0 Å². The number of carbonyl (C=O) groups excluding carboxylic acids is 1. The van der Waals surface area contributed by atoms with Crippen LogP contribution in [0, 0.1) is 11.8 Å². The fraction of sp³-hybridized carbons (Fsp3) is 0.917. The van der Waals surface area contributed by atoms with Crippen LogP contribution < -0.4 is 5.32 Å². The molecule has 0 heterocycles. The van der Waals surface area contributed by atoms with Crippen LogP contribution in [0.3, 0.4) is 0 Å².